The average molecular weight is 425 g/mol. The summed E-state index contributed by atoms with van der Waals surface area (Å²) in [6.07, 6.45) is 24.7. The van der Waals surface area contributed by atoms with Crippen molar-refractivity contribution < 1.29 is 4.74 Å². The fourth-order valence-corrected chi connectivity index (χ4v) is 2.27. The predicted octanol–water partition coefficient (Wildman–Crippen LogP) is 9.14. The van der Waals surface area contributed by atoms with Crippen LogP contribution in [-0.2, 0) is 4.74 Å². The van der Waals surface area contributed by atoms with E-state index in [-0.39, 0.29) is 11.8 Å². The Hall–Kier alpha value is -2.51. The first-order valence-corrected chi connectivity index (χ1v) is 10.8. The van der Waals surface area contributed by atoms with Gasteiger partial charge in [-0.05, 0) is 59.8 Å². The molecular formula is C28H37ClO. The lowest BCUT2D eigenvalue weighted by Gasteiger charge is -2.10. The van der Waals surface area contributed by atoms with Gasteiger partial charge in [0.05, 0.1) is 0 Å². The van der Waals surface area contributed by atoms with E-state index in [4.69, 9.17) is 16.3 Å². The number of ether oxygens (including phenoxy) is 1. The topological polar surface area (TPSA) is 9.23 Å². The summed E-state index contributed by atoms with van der Waals surface area (Å²) in [7, 11) is 0. The molecule has 0 bridgehead atoms. The first-order chi connectivity index (χ1) is 14.4. The standard InChI is InChI=1S/C28H37ClO/c1-8-11-12-13-14-25(6)21-27(17-15-23(4)9-2)30-28(18-16-24(5)10-3)22-26(7)19-20-29/h9-10,13-24H,2-3,6-8,11-12H2,1,4-5H3/b14-13-,17-15-,18-16-,20-19-,27-21+,28-22+. The van der Waals surface area contributed by atoms with Gasteiger partial charge in [0.25, 0.3) is 0 Å². The van der Waals surface area contributed by atoms with Crippen LogP contribution in [-0.4, -0.2) is 0 Å². The van der Waals surface area contributed by atoms with E-state index < -0.39 is 0 Å². The highest BCUT2D eigenvalue weighted by molar-refractivity contribution is 6.25. The molecule has 1 nitrogen and oxygen atoms in total. The number of hydrogen-bond acceptors (Lipinski definition) is 1. The highest BCUT2D eigenvalue weighted by Crippen LogP contribution is 2.17. The maximum atomic E-state index is 6.20. The first-order valence-electron chi connectivity index (χ1n) is 10.4. The van der Waals surface area contributed by atoms with E-state index in [2.05, 4.69) is 53.2 Å². The summed E-state index contributed by atoms with van der Waals surface area (Å²) in [4.78, 5) is 0. The van der Waals surface area contributed by atoms with Gasteiger partial charge < -0.3 is 4.74 Å². The number of halogens is 1. The molecule has 0 N–H and O–H groups in total. The van der Waals surface area contributed by atoms with Gasteiger partial charge in [-0.15, -0.1) is 13.2 Å². The molecule has 2 atom stereocenters. The van der Waals surface area contributed by atoms with Crippen LogP contribution in [0.3, 0.4) is 0 Å². The second-order valence-corrected chi connectivity index (χ2v) is 7.34. The molecule has 0 saturated heterocycles. The maximum absolute atomic E-state index is 6.20. The van der Waals surface area contributed by atoms with Crippen molar-refractivity contribution in [2.75, 3.05) is 0 Å². The molecule has 0 radical (unpaired) electrons. The van der Waals surface area contributed by atoms with Crippen molar-refractivity contribution >= 4 is 11.6 Å². The zero-order chi connectivity index (χ0) is 22.8. The molecular weight excluding hydrogens is 388 g/mol. The molecule has 0 fully saturated rings. The van der Waals surface area contributed by atoms with E-state index in [1.54, 1.807) is 6.08 Å². The number of unbranched alkanes of at least 4 members (excludes halogenated alkanes) is 2. The van der Waals surface area contributed by atoms with Gasteiger partial charge in [0.1, 0.15) is 11.5 Å². The minimum atomic E-state index is 0.217. The van der Waals surface area contributed by atoms with Crippen LogP contribution in [0.4, 0.5) is 0 Å². The van der Waals surface area contributed by atoms with E-state index in [1.807, 2.05) is 54.7 Å². The summed E-state index contributed by atoms with van der Waals surface area (Å²) in [5.74, 6) is 1.77. The summed E-state index contributed by atoms with van der Waals surface area (Å²) >= 11 is 5.68. The third kappa shape index (κ3) is 14.5. The Morgan fingerprint density at radius 2 is 1.37 bits per heavy atom. The summed E-state index contributed by atoms with van der Waals surface area (Å²) < 4.78 is 6.20. The average Bonchev–Trinajstić information content (AvgIpc) is 2.72. The normalized spacial score (nSPS) is 15.2. The molecule has 2 unspecified atom stereocenters. The molecule has 0 rings (SSSR count). The van der Waals surface area contributed by atoms with Gasteiger partial charge in [-0.1, -0.05) is 94.8 Å². The number of allylic oxidation sites excluding steroid dienone is 13. The second-order valence-electron chi connectivity index (χ2n) is 7.09. The molecule has 0 amide bonds. The van der Waals surface area contributed by atoms with Gasteiger partial charge in [-0.2, -0.15) is 0 Å². The molecule has 30 heavy (non-hydrogen) atoms. The fraction of sp³-hybridized carbons (Fsp3) is 0.286. The Kier molecular flexibility index (Phi) is 15.9. The van der Waals surface area contributed by atoms with Gasteiger partial charge in [0, 0.05) is 5.54 Å². The Bertz CT molecular complexity index is 741. The summed E-state index contributed by atoms with van der Waals surface area (Å²) in [5, 5.41) is 0. The van der Waals surface area contributed by atoms with Crippen LogP contribution in [0.5, 0.6) is 0 Å². The minimum absolute atomic E-state index is 0.217. The van der Waals surface area contributed by atoms with Crippen LogP contribution >= 0.6 is 11.6 Å². The van der Waals surface area contributed by atoms with Gasteiger partial charge in [-0.3, -0.25) is 0 Å². The van der Waals surface area contributed by atoms with Crippen molar-refractivity contribution in [2.24, 2.45) is 11.8 Å². The van der Waals surface area contributed by atoms with Gasteiger partial charge >= 0.3 is 0 Å². The maximum Gasteiger partial charge on any atom is 0.127 e. The Balaban J connectivity index is 5.83. The summed E-state index contributed by atoms with van der Waals surface area (Å²) in [6.45, 7) is 22.1. The smallest absolute Gasteiger partial charge is 0.127 e. The Morgan fingerprint density at radius 1 is 0.867 bits per heavy atom. The molecule has 0 saturated carbocycles. The molecule has 0 aliphatic rings. The van der Waals surface area contributed by atoms with Gasteiger partial charge in [0.2, 0.25) is 0 Å². The van der Waals surface area contributed by atoms with Crippen molar-refractivity contribution in [3.05, 3.63) is 121 Å². The number of rotatable bonds is 15. The van der Waals surface area contributed by atoms with E-state index in [9.17, 15) is 0 Å². The molecule has 0 aromatic rings. The van der Waals surface area contributed by atoms with E-state index in [1.165, 1.54) is 18.4 Å². The zero-order valence-corrected chi connectivity index (χ0v) is 19.6. The molecule has 0 aromatic heterocycles. The van der Waals surface area contributed by atoms with Crippen molar-refractivity contribution in [3.63, 3.8) is 0 Å². The van der Waals surface area contributed by atoms with E-state index in [0.717, 1.165) is 17.6 Å². The van der Waals surface area contributed by atoms with Crippen LogP contribution in [0.2, 0.25) is 0 Å². The lowest BCUT2D eigenvalue weighted by Crippen LogP contribution is -1.93. The van der Waals surface area contributed by atoms with Crippen molar-refractivity contribution in [1.82, 2.24) is 0 Å². The molecule has 0 aliphatic carbocycles. The van der Waals surface area contributed by atoms with Crippen molar-refractivity contribution in [2.45, 2.75) is 40.0 Å². The number of hydrogen-bond donors (Lipinski definition) is 0. The van der Waals surface area contributed by atoms with Crippen LogP contribution in [0.25, 0.3) is 0 Å². The Labute approximate surface area is 189 Å². The summed E-state index contributed by atoms with van der Waals surface area (Å²) in [6, 6.07) is 0. The van der Waals surface area contributed by atoms with Gasteiger partial charge in [-0.25, -0.2) is 0 Å². The van der Waals surface area contributed by atoms with Crippen molar-refractivity contribution in [1.29, 1.82) is 0 Å². The minimum Gasteiger partial charge on any atom is -0.457 e. The Morgan fingerprint density at radius 3 is 1.80 bits per heavy atom. The molecule has 0 aromatic carbocycles. The summed E-state index contributed by atoms with van der Waals surface area (Å²) in [5.41, 5.74) is 3.04. The lowest BCUT2D eigenvalue weighted by atomic mass is 10.1. The van der Waals surface area contributed by atoms with Crippen LogP contribution in [0.15, 0.2) is 121 Å². The van der Waals surface area contributed by atoms with Crippen LogP contribution in [0, 0.1) is 11.8 Å². The molecule has 2 heteroatoms. The second kappa shape index (κ2) is 17.4. The highest BCUT2D eigenvalue weighted by Gasteiger charge is 2.02. The van der Waals surface area contributed by atoms with Crippen LogP contribution < -0.4 is 0 Å². The lowest BCUT2D eigenvalue weighted by molar-refractivity contribution is 0.335. The fourth-order valence-electron chi connectivity index (χ4n) is 2.11. The quantitative estimate of drug-likeness (QED) is 0.110. The monoisotopic (exact) mass is 424 g/mol. The highest BCUT2D eigenvalue weighted by atomic mass is 35.5. The molecule has 0 spiro atoms. The zero-order valence-electron chi connectivity index (χ0n) is 18.8. The molecule has 0 heterocycles. The van der Waals surface area contributed by atoms with Crippen molar-refractivity contribution in [3.8, 4) is 0 Å². The SMILES string of the molecule is C=CC(C)/C=C\C(=C/C(=C)/C=C\Cl)OC(/C=C\C(C)C=C)=C/C(=C)/C=C\CCCC. The third-order valence-electron chi connectivity index (χ3n) is 4.10. The van der Waals surface area contributed by atoms with E-state index >= 15 is 0 Å². The van der Waals surface area contributed by atoms with E-state index in [0.29, 0.717) is 11.5 Å². The molecule has 0 aliphatic heterocycles. The largest absolute Gasteiger partial charge is 0.457 e. The van der Waals surface area contributed by atoms with Gasteiger partial charge in [0.15, 0.2) is 0 Å². The third-order valence-corrected chi connectivity index (χ3v) is 4.22. The predicted molar refractivity (Wildman–Crippen MR) is 136 cm³/mol. The first kappa shape index (κ1) is 27.5. The molecule has 162 valence electrons. The van der Waals surface area contributed by atoms with Crippen LogP contribution in [0.1, 0.15) is 40.0 Å².